The smallest absolute Gasteiger partial charge is 0.337 e. The van der Waals surface area contributed by atoms with E-state index in [0.717, 1.165) is 0 Å². The highest BCUT2D eigenvalue weighted by Crippen LogP contribution is 2.11. The molecule has 0 bridgehead atoms. The first-order valence-corrected chi connectivity index (χ1v) is 7.55. The Hall–Kier alpha value is -3.48. The van der Waals surface area contributed by atoms with Crippen molar-refractivity contribution in [1.82, 2.24) is 14.8 Å². The van der Waals surface area contributed by atoms with E-state index >= 15 is 0 Å². The van der Waals surface area contributed by atoms with Gasteiger partial charge in [-0.15, -0.1) is 0 Å². The summed E-state index contributed by atoms with van der Waals surface area (Å²) in [6.45, 7) is 1.77. The summed E-state index contributed by atoms with van der Waals surface area (Å²) in [5.74, 6) is -0.794. The molecular formula is C18H16N4O3. The summed E-state index contributed by atoms with van der Waals surface area (Å²) >= 11 is 0. The molecule has 0 saturated heterocycles. The van der Waals surface area contributed by atoms with Gasteiger partial charge in [-0.1, -0.05) is 18.2 Å². The molecule has 3 rings (SSSR count). The second-order valence-electron chi connectivity index (χ2n) is 5.29. The van der Waals surface area contributed by atoms with Crippen molar-refractivity contribution >= 4 is 23.7 Å². The summed E-state index contributed by atoms with van der Waals surface area (Å²) in [6, 6.07) is 12.3. The second kappa shape index (κ2) is 6.96. The number of aromatic nitrogens is 2. The standard InChI is InChI=1S/C18H16N4O3/c1-12-16(22-9-4-3-8-15(22)20-12)17(23)21-19-11-13-6-5-7-14(10-13)18(24)25-2/h3-11H,1-2H3,(H,21,23). The zero-order chi connectivity index (χ0) is 17.8. The molecular weight excluding hydrogens is 320 g/mol. The van der Waals surface area contributed by atoms with E-state index in [0.29, 0.717) is 28.2 Å². The molecule has 2 aromatic heterocycles. The van der Waals surface area contributed by atoms with Gasteiger partial charge in [-0.25, -0.2) is 15.2 Å². The largest absolute Gasteiger partial charge is 0.465 e. The molecule has 7 heteroatoms. The molecule has 0 aliphatic carbocycles. The lowest BCUT2D eigenvalue weighted by molar-refractivity contribution is 0.0600. The minimum absolute atomic E-state index is 0.364. The van der Waals surface area contributed by atoms with E-state index in [1.807, 2.05) is 18.2 Å². The van der Waals surface area contributed by atoms with Gasteiger partial charge < -0.3 is 4.74 Å². The third kappa shape index (κ3) is 3.40. The van der Waals surface area contributed by atoms with Gasteiger partial charge in [0.25, 0.3) is 5.91 Å². The maximum Gasteiger partial charge on any atom is 0.337 e. The van der Waals surface area contributed by atoms with Crippen molar-refractivity contribution in [2.24, 2.45) is 5.10 Å². The van der Waals surface area contributed by atoms with Crippen LogP contribution < -0.4 is 5.43 Å². The van der Waals surface area contributed by atoms with Gasteiger partial charge in [0.15, 0.2) is 0 Å². The van der Waals surface area contributed by atoms with Crippen molar-refractivity contribution in [3.8, 4) is 0 Å². The molecule has 0 aliphatic rings. The Morgan fingerprint density at radius 3 is 2.88 bits per heavy atom. The zero-order valence-electron chi connectivity index (χ0n) is 13.8. The molecule has 7 nitrogen and oxygen atoms in total. The topological polar surface area (TPSA) is 85.1 Å². The monoisotopic (exact) mass is 336 g/mol. The van der Waals surface area contributed by atoms with Crippen LogP contribution >= 0.6 is 0 Å². The van der Waals surface area contributed by atoms with Crippen LogP contribution in [0.4, 0.5) is 0 Å². The number of carbonyl (C=O) groups excluding carboxylic acids is 2. The van der Waals surface area contributed by atoms with Crippen LogP contribution in [0, 0.1) is 6.92 Å². The lowest BCUT2D eigenvalue weighted by atomic mass is 10.1. The van der Waals surface area contributed by atoms with E-state index < -0.39 is 5.97 Å². The minimum Gasteiger partial charge on any atom is -0.465 e. The highest BCUT2D eigenvalue weighted by molar-refractivity contribution is 5.96. The number of hydrogen-bond acceptors (Lipinski definition) is 5. The molecule has 0 unspecified atom stereocenters. The number of methoxy groups -OCH3 is 1. The van der Waals surface area contributed by atoms with Gasteiger partial charge in [0, 0.05) is 6.20 Å². The Bertz CT molecular complexity index is 975. The van der Waals surface area contributed by atoms with Crippen molar-refractivity contribution in [2.75, 3.05) is 7.11 Å². The molecule has 0 spiro atoms. The Balaban J connectivity index is 1.77. The fourth-order valence-electron chi connectivity index (χ4n) is 2.47. The number of hydrogen-bond donors (Lipinski definition) is 1. The van der Waals surface area contributed by atoms with Gasteiger partial charge in [0.1, 0.15) is 11.3 Å². The Morgan fingerprint density at radius 2 is 2.08 bits per heavy atom. The number of fused-ring (bicyclic) bond motifs is 1. The lowest BCUT2D eigenvalue weighted by Gasteiger charge is -2.02. The summed E-state index contributed by atoms with van der Waals surface area (Å²) in [5, 5.41) is 3.95. The number of rotatable bonds is 4. The van der Waals surface area contributed by atoms with Gasteiger partial charge in [-0.05, 0) is 36.8 Å². The number of nitrogens with zero attached hydrogens (tertiary/aromatic N) is 3. The average Bonchev–Trinajstić information content (AvgIpc) is 2.97. The van der Waals surface area contributed by atoms with E-state index in [1.54, 1.807) is 41.8 Å². The number of carbonyl (C=O) groups is 2. The van der Waals surface area contributed by atoms with Crippen LogP contribution in [0.5, 0.6) is 0 Å². The molecule has 0 saturated carbocycles. The molecule has 0 aliphatic heterocycles. The van der Waals surface area contributed by atoms with Crippen molar-refractivity contribution in [2.45, 2.75) is 6.92 Å². The predicted molar refractivity (Wildman–Crippen MR) is 92.8 cm³/mol. The summed E-state index contributed by atoms with van der Waals surface area (Å²) in [7, 11) is 1.32. The highest BCUT2D eigenvalue weighted by atomic mass is 16.5. The van der Waals surface area contributed by atoms with Gasteiger partial charge in [0.2, 0.25) is 0 Å². The number of imidazole rings is 1. The number of aryl methyl sites for hydroxylation is 1. The summed E-state index contributed by atoms with van der Waals surface area (Å²) in [6.07, 6.45) is 3.23. The second-order valence-corrected chi connectivity index (χ2v) is 5.29. The average molecular weight is 336 g/mol. The number of ether oxygens (including phenoxy) is 1. The maximum atomic E-state index is 12.4. The zero-order valence-corrected chi connectivity index (χ0v) is 13.8. The maximum absolute atomic E-state index is 12.4. The summed E-state index contributed by atoms with van der Waals surface area (Å²) < 4.78 is 6.38. The van der Waals surface area contributed by atoms with Gasteiger partial charge in [-0.2, -0.15) is 5.10 Å². The van der Waals surface area contributed by atoms with E-state index in [4.69, 9.17) is 0 Å². The molecule has 0 atom stereocenters. The number of nitrogens with one attached hydrogen (secondary N) is 1. The van der Waals surface area contributed by atoms with Crippen molar-refractivity contribution < 1.29 is 14.3 Å². The third-order valence-electron chi connectivity index (χ3n) is 3.61. The summed E-state index contributed by atoms with van der Waals surface area (Å²) in [4.78, 5) is 28.3. The first-order chi connectivity index (χ1) is 12.1. The number of pyridine rings is 1. The van der Waals surface area contributed by atoms with Crippen LogP contribution in [0.15, 0.2) is 53.8 Å². The summed E-state index contributed by atoms with van der Waals surface area (Å²) in [5.41, 5.74) is 5.30. The number of esters is 1. The quantitative estimate of drug-likeness (QED) is 0.450. The van der Waals surface area contributed by atoms with Crippen LogP contribution in [0.25, 0.3) is 5.65 Å². The predicted octanol–water partition coefficient (Wildman–Crippen LogP) is 2.19. The molecule has 25 heavy (non-hydrogen) atoms. The highest BCUT2D eigenvalue weighted by Gasteiger charge is 2.15. The van der Waals surface area contributed by atoms with E-state index in [2.05, 4.69) is 20.2 Å². The van der Waals surface area contributed by atoms with Gasteiger partial charge in [-0.3, -0.25) is 9.20 Å². The van der Waals surface area contributed by atoms with E-state index in [1.165, 1.54) is 13.3 Å². The first kappa shape index (κ1) is 16.4. The van der Waals surface area contributed by atoms with Crippen LogP contribution in [0.3, 0.4) is 0 Å². The number of hydrazone groups is 1. The third-order valence-corrected chi connectivity index (χ3v) is 3.61. The van der Waals surface area contributed by atoms with Crippen LogP contribution in [0.2, 0.25) is 0 Å². The Morgan fingerprint density at radius 1 is 1.24 bits per heavy atom. The Labute approximate surface area is 144 Å². The van der Waals surface area contributed by atoms with Gasteiger partial charge in [0.05, 0.1) is 24.6 Å². The van der Waals surface area contributed by atoms with Crippen molar-refractivity contribution in [1.29, 1.82) is 0 Å². The minimum atomic E-state index is -0.430. The van der Waals surface area contributed by atoms with E-state index in [9.17, 15) is 9.59 Å². The molecule has 3 aromatic rings. The molecule has 1 amide bonds. The molecule has 0 fully saturated rings. The van der Waals surface area contributed by atoms with Crippen LogP contribution in [0.1, 0.15) is 32.1 Å². The number of benzene rings is 1. The SMILES string of the molecule is COC(=O)c1cccc(C=NNC(=O)c2c(C)nc3ccccn23)c1. The molecule has 2 heterocycles. The van der Waals surface area contributed by atoms with Crippen LogP contribution in [-0.2, 0) is 4.74 Å². The van der Waals surface area contributed by atoms with Crippen molar-refractivity contribution in [3.05, 3.63) is 71.2 Å². The molecule has 1 aromatic carbocycles. The van der Waals surface area contributed by atoms with E-state index in [-0.39, 0.29) is 5.91 Å². The molecule has 126 valence electrons. The Kier molecular flexibility index (Phi) is 4.56. The molecule has 1 N–H and O–H groups in total. The van der Waals surface area contributed by atoms with Crippen molar-refractivity contribution in [3.63, 3.8) is 0 Å². The number of amides is 1. The van der Waals surface area contributed by atoms with Gasteiger partial charge >= 0.3 is 5.97 Å². The fraction of sp³-hybridized carbons (Fsp3) is 0.111. The lowest BCUT2D eigenvalue weighted by Crippen LogP contribution is -2.20. The first-order valence-electron chi connectivity index (χ1n) is 7.55. The van der Waals surface area contributed by atoms with Crippen LogP contribution in [-0.4, -0.2) is 34.6 Å². The fourth-order valence-corrected chi connectivity index (χ4v) is 2.47. The molecule has 0 radical (unpaired) electrons. The normalized spacial score (nSPS) is 11.0.